The summed E-state index contributed by atoms with van der Waals surface area (Å²) in [5.41, 5.74) is 1.36. The Bertz CT molecular complexity index is 643. The van der Waals surface area contributed by atoms with Gasteiger partial charge in [0.2, 0.25) is 0 Å². The quantitative estimate of drug-likeness (QED) is 0.854. The minimum atomic E-state index is -0.192. The largest absolute Gasteiger partial charge is 0.337 e. The molecular formula is C14H14FN3OS. The molecule has 0 aliphatic carbocycles. The maximum Gasteiger partial charge on any atom is 0.267 e. The third-order valence-electron chi connectivity index (χ3n) is 3.67. The van der Waals surface area contributed by atoms with Crippen LogP contribution in [0, 0.1) is 12.7 Å². The summed E-state index contributed by atoms with van der Waals surface area (Å²) in [7, 11) is 0. The second kappa shape index (κ2) is 5.28. The molecule has 1 unspecified atom stereocenters. The van der Waals surface area contributed by atoms with Gasteiger partial charge in [0.05, 0.1) is 5.69 Å². The van der Waals surface area contributed by atoms with Gasteiger partial charge < -0.3 is 4.90 Å². The second-order valence-electron chi connectivity index (χ2n) is 4.95. The molecule has 0 N–H and O–H groups in total. The van der Waals surface area contributed by atoms with Gasteiger partial charge in [-0.3, -0.25) is 4.79 Å². The molecule has 1 aromatic carbocycles. The lowest BCUT2D eigenvalue weighted by Gasteiger charge is -2.16. The summed E-state index contributed by atoms with van der Waals surface area (Å²) in [6.45, 7) is 2.98. The number of hydrogen-bond acceptors (Lipinski definition) is 4. The van der Waals surface area contributed by atoms with E-state index >= 15 is 0 Å². The lowest BCUT2D eigenvalue weighted by molar-refractivity contribution is 0.0794. The van der Waals surface area contributed by atoms with Gasteiger partial charge in [-0.15, -0.1) is 5.10 Å². The highest BCUT2D eigenvalue weighted by Crippen LogP contribution is 2.30. The van der Waals surface area contributed by atoms with Crippen molar-refractivity contribution < 1.29 is 9.18 Å². The molecule has 6 heteroatoms. The van der Waals surface area contributed by atoms with Gasteiger partial charge in [0.15, 0.2) is 0 Å². The Balaban J connectivity index is 1.76. The van der Waals surface area contributed by atoms with E-state index in [4.69, 9.17) is 0 Å². The van der Waals surface area contributed by atoms with E-state index in [0.29, 0.717) is 29.2 Å². The number of carbonyl (C=O) groups is 1. The second-order valence-corrected chi connectivity index (χ2v) is 5.70. The van der Waals surface area contributed by atoms with E-state index in [9.17, 15) is 9.18 Å². The number of carbonyl (C=O) groups excluding carboxylic acids is 1. The van der Waals surface area contributed by atoms with Gasteiger partial charge in [-0.05, 0) is 36.5 Å². The molecule has 1 atom stereocenters. The summed E-state index contributed by atoms with van der Waals surface area (Å²) in [5.74, 6) is -0.167. The minimum Gasteiger partial charge on any atom is -0.337 e. The average molecular weight is 291 g/mol. The van der Waals surface area contributed by atoms with Crippen molar-refractivity contribution >= 4 is 17.4 Å². The first-order valence-corrected chi connectivity index (χ1v) is 7.27. The molecular weight excluding hydrogens is 277 g/mol. The molecule has 1 aliphatic heterocycles. The first-order valence-electron chi connectivity index (χ1n) is 6.49. The zero-order valence-corrected chi connectivity index (χ0v) is 11.9. The van der Waals surface area contributed by atoms with Crippen LogP contribution in [-0.4, -0.2) is 33.5 Å². The average Bonchev–Trinajstić information content (AvgIpc) is 3.07. The number of aromatic nitrogens is 2. The van der Waals surface area contributed by atoms with Crippen molar-refractivity contribution in [2.75, 3.05) is 13.1 Å². The van der Waals surface area contributed by atoms with Crippen LogP contribution in [0.25, 0.3) is 0 Å². The van der Waals surface area contributed by atoms with Crippen LogP contribution >= 0.6 is 11.5 Å². The first kappa shape index (κ1) is 13.2. The van der Waals surface area contributed by atoms with Crippen LogP contribution in [0.15, 0.2) is 24.3 Å². The van der Waals surface area contributed by atoms with Gasteiger partial charge in [0.25, 0.3) is 5.91 Å². The van der Waals surface area contributed by atoms with Gasteiger partial charge >= 0.3 is 0 Å². The van der Waals surface area contributed by atoms with Crippen molar-refractivity contribution in [3.8, 4) is 0 Å². The molecule has 2 aromatic rings. The van der Waals surface area contributed by atoms with E-state index in [2.05, 4.69) is 9.59 Å². The SMILES string of the molecule is Cc1nnsc1C(=O)N1CCC(c2ccccc2F)C1. The lowest BCUT2D eigenvalue weighted by Crippen LogP contribution is -2.28. The number of likely N-dealkylation sites (tertiary alicyclic amines) is 1. The third-order valence-corrected chi connectivity index (χ3v) is 4.48. The molecule has 1 aliphatic rings. The zero-order chi connectivity index (χ0) is 14.1. The van der Waals surface area contributed by atoms with E-state index in [1.54, 1.807) is 24.0 Å². The monoisotopic (exact) mass is 291 g/mol. The predicted molar refractivity (Wildman–Crippen MR) is 74.3 cm³/mol. The number of aryl methyl sites for hydroxylation is 1. The molecule has 0 bridgehead atoms. The lowest BCUT2D eigenvalue weighted by atomic mass is 9.98. The predicted octanol–water partition coefficient (Wildman–Crippen LogP) is 2.62. The molecule has 3 rings (SSSR count). The molecule has 1 saturated heterocycles. The van der Waals surface area contributed by atoms with Crippen LogP contribution in [0.5, 0.6) is 0 Å². The molecule has 0 saturated carbocycles. The van der Waals surface area contributed by atoms with Crippen LogP contribution in [0.1, 0.15) is 33.3 Å². The fourth-order valence-corrected chi connectivity index (χ4v) is 3.20. The number of rotatable bonds is 2. The third kappa shape index (κ3) is 2.31. The summed E-state index contributed by atoms with van der Waals surface area (Å²) in [6, 6.07) is 6.79. The minimum absolute atomic E-state index is 0.0451. The number of hydrogen-bond donors (Lipinski definition) is 0. The van der Waals surface area contributed by atoms with Crippen LogP contribution in [0.4, 0.5) is 4.39 Å². The molecule has 4 nitrogen and oxygen atoms in total. The summed E-state index contributed by atoms with van der Waals surface area (Å²) in [6.07, 6.45) is 0.790. The number of nitrogens with zero attached hydrogens (tertiary/aromatic N) is 3. The van der Waals surface area contributed by atoms with E-state index in [1.165, 1.54) is 6.07 Å². The van der Waals surface area contributed by atoms with Crippen molar-refractivity contribution in [3.63, 3.8) is 0 Å². The summed E-state index contributed by atoms with van der Waals surface area (Å²) >= 11 is 1.12. The Morgan fingerprint density at radius 3 is 2.95 bits per heavy atom. The van der Waals surface area contributed by atoms with Crippen molar-refractivity contribution in [3.05, 3.63) is 46.2 Å². The van der Waals surface area contributed by atoms with Crippen LogP contribution in [0.2, 0.25) is 0 Å². The Morgan fingerprint density at radius 2 is 2.25 bits per heavy atom. The Labute approximate surface area is 120 Å². The summed E-state index contributed by atoms with van der Waals surface area (Å²) in [4.78, 5) is 14.7. The van der Waals surface area contributed by atoms with E-state index < -0.39 is 0 Å². The molecule has 2 heterocycles. The molecule has 0 radical (unpaired) electrons. The number of benzene rings is 1. The molecule has 1 amide bonds. The van der Waals surface area contributed by atoms with Crippen LogP contribution < -0.4 is 0 Å². The smallest absolute Gasteiger partial charge is 0.267 e. The Hall–Kier alpha value is -1.82. The highest BCUT2D eigenvalue weighted by atomic mass is 32.1. The topological polar surface area (TPSA) is 46.1 Å². The van der Waals surface area contributed by atoms with Gasteiger partial charge in [0, 0.05) is 19.0 Å². The fraction of sp³-hybridized carbons (Fsp3) is 0.357. The number of halogens is 1. The molecule has 20 heavy (non-hydrogen) atoms. The highest BCUT2D eigenvalue weighted by molar-refractivity contribution is 7.07. The van der Waals surface area contributed by atoms with Gasteiger partial charge in [-0.2, -0.15) is 0 Å². The normalized spacial score (nSPS) is 18.5. The molecule has 104 valence electrons. The van der Waals surface area contributed by atoms with Crippen molar-refractivity contribution in [1.82, 2.24) is 14.5 Å². The van der Waals surface area contributed by atoms with Crippen molar-refractivity contribution in [2.24, 2.45) is 0 Å². The van der Waals surface area contributed by atoms with Crippen molar-refractivity contribution in [1.29, 1.82) is 0 Å². The fourth-order valence-electron chi connectivity index (χ4n) is 2.58. The molecule has 1 aromatic heterocycles. The Morgan fingerprint density at radius 1 is 1.45 bits per heavy atom. The van der Waals surface area contributed by atoms with Gasteiger partial charge in [-0.1, -0.05) is 22.7 Å². The van der Waals surface area contributed by atoms with E-state index in [-0.39, 0.29) is 17.6 Å². The molecule has 0 spiro atoms. The maximum atomic E-state index is 13.8. The van der Waals surface area contributed by atoms with Crippen LogP contribution in [0.3, 0.4) is 0 Å². The zero-order valence-electron chi connectivity index (χ0n) is 11.0. The Kier molecular flexibility index (Phi) is 3.48. The summed E-state index contributed by atoms with van der Waals surface area (Å²) in [5, 5.41) is 3.86. The van der Waals surface area contributed by atoms with Crippen LogP contribution in [-0.2, 0) is 0 Å². The summed E-state index contributed by atoms with van der Waals surface area (Å²) < 4.78 is 17.6. The van der Waals surface area contributed by atoms with Gasteiger partial charge in [0.1, 0.15) is 10.7 Å². The molecule has 1 fully saturated rings. The van der Waals surface area contributed by atoms with E-state index in [1.807, 2.05) is 6.07 Å². The van der Waals surface area contributed by atoms with Crippen molar-refractivity contribution in [2.45, 2.75) is 19.3 Å². The standard InChI is InChI=1S/C14H14FN3OS/c1-9-13(20-17-16-9)14(19)18-7-6-10(8-18)11-4-2-3-5-12(11)15/h2-5,10H,6-8H2,1H3. The first-order chi connectivity index (χ1) is 9.66. The number of amides is 1. The maximum absolute atomic E-state index is 13.8. The highest BCUT2D eigenvalue weighted by Gasteiger charge is 2.30. The van der Waals surface area contributed by atoms with E-state index in [0.717, 1.165) is 18.0 Å². The van der Waals surface area contributed by atoms with Gasteiger partial charge in [-0.25, -0.2) is 4.39 Å².